The number of anilines is 2. The highest BCUT2D eigenvalue weighted by atomic mass is 19.2. The van der Waals surface area contributed by atoms with E-state index in [1.165, 1.54) is 30.3 Å². The summed E-state index contributed by atoms with van der Waals surface area (Å²) in [5, 5.41) is 13.5. The van der Waals surface area contributed by atoms with Gasteiger partial charge in [-0.25, -0.2) is 18.4 Å². The van der Waals surface area contributed by atoms with E-state index in [2.05, 4.69) is 10.6 Å². The lowest BCUT2D eigenvalue weighted by Gasteiger charge is -2.08. The van der Waals surface area contributed by atoms with Crippen LogP contribution >= 0.6 is 0 Å². The van der Waals surface area contributed by atoms with Crippen molar-refractivity contribution in [2.75, 3.05) is 10.6 Å². The normalized spacial score (nSPS) is 10.0. The van der Waals surface area contributed by atoms with E-state index in [1.807, 2.05) is 0 Å². The third kappa shape index (κ3) is 3.75. The zero-order valence-electron chi connectivity index (χ0n) is 10.6. The number of carbonyl (C=O) groups is 2. The van der Waals surface area contributed by atoms with Gasteiger partial charge in [0.2, 0.25) is 0 Å². The number of carboxylic acid groups (broad SMARTS) is 1. The molecule has 0 aliphatic heterocycles. The molecule has 0 fully saturated rings. The Bertz CT molecular complexity index is 687. The number of halogens is 2. The summed E-state index contributed by atoms with van der Waals surface area (Å²) in [4.78, 5) is 22.3. The molecular formula is C14H10F2N2O3. The molecule has 2 aromatic rings. The molecule has 0 aliphatic rings. The third-order valence-electron chi connectivity index (χ3n) is 2.57. The number of hydrogen-bond donors (Lipinski definition) is 3. The predicted octanol–water partition coefficient (Wildman–Crippen LogP) is 3.31. The van der Waals surface area contributed by atoms with Gasteiger partial charge in [-0.05, 0) is 36.4 Å². The van der Waals surface area contributed by atoms with Crippen molar-refractivity contribution in [2.24, 2.45) is 0 Å². The molecule has 7 heteroatoms. The molecule has 2 amide bonds. The number of amides is 2. The van der Waals surface area contributed by atoms with Crippen molar-refractivity contribution in [3.8, 4) is 0 Å². The van der Waals surface area contributed by atoms with Gasteiger partial charge in [0.25, 0.3) is 0 Å². The van der Waals surface area contributed by atoms with Gasteiger partial charge in [0, 0.05) is 17.4 Å². The Morgan fingerprint density at radius 3 is 2.00 bits per heavy atom. The van der Waals surface area contributed by atoms with Crippen molar-refractivity contribution < 1.29 is 23.5 Å². The fourth-order valence-corrected chi connectivity index (χ4v) is 1.56. The molecule has 0 aromatic heterocycles. The zero-order valence-corrected chi connectivity index (χ0v) is 10.6. The van der Waals surface area contributed by atoms with E-state index >= 15 is 0 Å². The number of urea groups is 1. The quantitative estimate of drug-likeness (QED) is 0.812. The van der Waals surface area contributed by atoms with Gasteiger partial charge in [-0.15, -0.1) is 0 Å². The molecule has 3 N–H and O–H groups in total. The lowest BCUT2D eigenvalue weighted by atomic mass is 10.2. The number of carbonyl (C=O) groups excluding carboxylic acids is 1. The molecule has 2 rings (SSSR count). The van der Waals surface area contributed by atoms with E-state index in [-0.39, 0.29) is 11.3 Å². The topological polar surface area (TPSA) is 78.4 Å². The van der Waals surface area contributed by atoms with E-state index < -0.39 is 23.6 Å². The Labute approximate surface area is 118 Å². The lowest BCUT2D eigenvalue weighted by Crippen LogP contribution is -2.19. The first-order valence-electron chi connectivity index (χ1n) is 5.82. The largest absolute Gasteiger partial charge is 0.478 e. The second-order valence-corrected chi connectivity index (χ2v) is 4.09. The lowest BCUT2D eigenvalue weighted by molar-refractivity contribution is 0.0697. The van der Waals surface area contributed by atoms with Crippen molar-refractivity contribution in [2.45, 2.75) is 0 Å². The highest BCUT2D eigenvalue weighted by Crippen LogP contribution is 2.14. The van der Waals surface area contributed by atoms with Crippen LogP contribution in [0, 0.1) is 11.6 Å². The Morgan fingerprint density at radius 2 is 1.43 bits per heavy atom. The molecule has 0 radical (unpaired) electrons. The summed E-state index contributed by atoms with van der Waals surface area (Å²) >= 11 is 0. The maximum absolute atomic E-state index is 13.0. The monoisotopic (exact) mass is 292 g/mol. The summed E-state index contributed by atoms with van der Waals surface area (Å²) in [5.74, 6) is -3.16. The Kier molecular flexibility index (Phi) is 4.13. The fraction of sp³-hybridized carbons (Fsp3) is 0. The highest BCUT2D eigenvalue weighted by molar-refractivity contribution is 6.00. The highest BCUT2D eigenvalue weighted by Gasteiger charge is 2.07. The van der Waals surface area contributed by atoms with Crippen LogP contribution in [0.5, 0.6) is 0 Å². The van der Waals surface area contributed by atoms with Crippen LogP contribution in [0.3, 0.4) is 0 Å². The van der Waals surface area contributed by atoms with E-state index in [1.54, 1.807) is 0 Å². The van der Waals surface area contributed by atoms with Crippen LogP contribution in [0.15, 0.2) is 42.5 Å². The first-order chi connectivity index (χ1) is 9.95. The van der Waals surface area contributed by atoms with Gasteiger partial charge >= 0.3 is 12.0 Å². The summed E-state index contributed by atoms with van der Waals surface area (Å²) in [6.45, 7) is 0. The van der Waals surface area contributed by atoms with E-state index in [0.717, 1.165) is 12.1 Å². The average Bonchev–Trinajstić information content (AvgIpc) is 2.43. The standard InChI is InChI=1S/C14H10F2N2O3/c15-11-6-5-10(7-12(11)16)18-14(21)17-9-3-1-8(2-4-9)13(19)20/h1-7H,(H,19,20)(H2,17,18,21). The van der Waals surface area contributed by atoms with Crippen molar-refractivity contribution in [1.29, 1.82) is 0 Å². The van der Waals surface area contributed by atoms with Crippen molar-refractivity contribution in [1.82, 2.24) is 0 Å². The van der Waals surface area contributed by atoms with E-state index in [0.29, 0.717) is 5.69 Å². The minimum atomic E-state index is -1.08. The second-order valence-electron chi connectivity index (χ2n) is 4.09. The average molecular weight is 292 g/mol. The zero-order chi connectivity index (χ0) is 15.4. The van der Waals surface area contributed by atoms with Crippen LogP contribution in [0.1, 0.15) is 10.4 Å². The summed E-state index contributed by atoms with van der Waals surface area (Å²) in [5.41, 5.74) is 0.537. The Balaban J connectivity index is 2.01. The van der Waals surface area contributed by atoms with Crippen LogP contribution in [-0.2, 0) is 0 Å². The van der Waals surface area contributed by atoms with Gasteiger partial charge in [0.1, 0.15) is 0 Å². The molecule has 0 spiro atoms. The van der Waals surface area contributed by atoms with Crippen LogP contribution in [0.2, 0.25) is 0 Å². The van der Waals surface area contributed by atoms with Gasteiger partial charge in [0.05, 0.1) is 5.56 Å². The third-order valence-corrected chi connectivity index (χ3v) is 2.57. The molecule has 5 nitrogen and oxygen atoms in total. The van der Waals surface area contributed by atoms with E-state index in [9.17, 15) is 18.4 Å². The van der Waals surface area contributed by atoms with Crippen LogP contribution in [0.25, 0.3) is 0 Å². The smallest absolute Gasteiger partial charge is 0.335 e. The summed E-state index contributed by atoms with van der Waals surface area (Å²) < 4.78 is 25.7. The molecule has 0 atom stereocenters. The van der Waals surface area contributed by atoms with Gasteiger partial charge < -0.3 is 15.7 Å². The summed E-state index contributed by atoms with van der Waals surface area (Å²) in [6.07, 6.45) is 0. The minimum absolute atomic E-state index is 0.0848. The maximum Gasteiger partial charge on any atom is 0.335 e. The molecule has 2 aromatic carbocycles. The molecule has 21 heavy (non-hydrogen) atoms. The molecule has 0 bridgehead atoms. The molecule has 0 heterocycles. The summed E-state index contributed by atoms with van der Waals surface area (Å²) in [6, 6.07) is 7.78. The molecule has 0 unspecified atom stereocenters. The molecule has 108 valence electrons. The maximum atomic E-state index is 13.0. The predicted molar refractivity (Wildman–Crippen MR) is 72.4 cm³/mol. The number of rotatable bonds is 3. The minimum Gasteiger partial charge on any atom is -0.478 e. The van der Waals surface area contributed by atoms with Crippen LogP contribution in [0.4, 0.5) is 25.0 Å². The van der Waals surface area contributed by atoms with Crippen LogP contribution < -0.4 is 10.6 Å². The Hall–Kier alpha value is -2.96. The number of carboxylic acids is 1. The van der Waals surface area contributed by atoms with Crippen molar-refractivity contribution >= 4 is 23.4 Å². The van der Waals surface area contributed by atoms with Gasteiger partial charge in [-0.3, -0.25) is 0 Å². The number of nitrogens with one attached hydrogen (secondary N) is 2. The van der Waals surface area contributed by atoms with Crippen LogP contribution in [-0.4, -0.2) is 17.1 Å². The molecule has 0 aliphatic carbocycles. The molecular weight excluding hydrogens is 282 g/mol. The van der Waals surface area contributed by atoms with Gasteiger partial charge in [0.15, 0.2) is 11.6 Å². The SMILES string of the molecule is O=C(Nc1ccc(C(=O)O)cc1)Nc1ccc(F)c(F)c1. The number of hydrogen-bond acceptors (Lipinski definition) is 2. The van der Waals surface area contributed by atoms with Gasteiger partial charge in [-0.2, -0.15) is 0 Å². The fourth-order valence-electron chi connectivity index (χ4n) is 1.56. The number of aromatic carboxylic acids is 1. The first-order valence-corrected chi connectivity index (χ1v) is 5.82. The first kappa shape index (κ1) is 14.4. The Morgan fingerprint density at radius 1 is 0.857 bits per heavy atom. The van der Waals surface area contributed by atoms with E-state index in [4.69, 9.17) is 5.11 Å². The molecule has 0 saturated heterocycles. The number of benzene rings is 2. The molecule has 0 saturated carbocycles. The van der Waals surface area contributed by atoms with Gasteiger partial charge in [-0.1, -0.05) is 0 Å². The van der Waals surface area contributed by atoms with Crippen molar-refractivity contribution in [3.63, 3.8) is 0 Å². The van der Waals surface area contributed by atoms with Crippen molar-refractivity contribution in [3.05, 3.63) is 59.7 Å². The second kappa shape index (κ2) is 6.00. The summed E-state index contributed by atoms with van der Waals surface area (Å²) in [7, 11) is 0.